The predicted molar refractivity (Wildman–Crippen MR) is 77.3 cm³/mol. The summed E-state index contributed by atoms with van der Waals surface area (Å²) in [5, 5.41) is 3.00. The third kappa shape index (κ3) is 3.80. The van der Waals surface area contributed by atoms with Gasteiger partial charge in [0.25, 0.3) is 0 Å². The fourth-order valence-electron chi connectivity index (χ4n) is 2.26. The third-order valence-electron chi connectivity index (χ3n) is 3.61. The molecule has 0 saturated carbocycles. The van der Waals surface area contributed by atoms with Crippen LogP contribution in [0.2, 0.25) is 0 Å². The SMILES string of the molecule is CC(C)(C)c1ccc(NC(=O)C2CCOCC2)cc1. The van der Waals surface area contributed by atoms with Gasteiger partial charge in [0.2, 0.25) is 5.91 Å². The first-order valence-electron chi connectivity index (χ1n) is 6.96. The topological polar surface area (TPSA) is 38.3 Å². The van der Waals surface area contributed by atoms with Crippen molar-refractivity contribution in [1.82, 2.24) is 0 Å². The lowest BCUT2D eigenvalue weighted by Crippen LogP contribution is -2.28. The lowest BCUT2D eigenvalue weighted by Gasteiger charge is -2.22. The molecule has 0 unspecified atom stereocenters. The largest absolute Gasteiger partial charge is 0.381 e. The fourth-order valence-corrected chi connectivity index (χ4v) is 2.26. The van der Waals surface area contributed by atoms with Gasteiger partial charge in [-0.25, -0.2) is 0 Å². The molecular formula is C16H23NO2. The number of rotatable bonds is 2. The maximum atomic E-state index is 12.1. The van der Waals surface area contributed by atoms with Crippen LogP contribution in [0.25, 0.3) is 0 Å². The van der Waals surface area contributed by atoms with E-state index in [0.717, 1.165) is 18.5 Å². The van der Waals surface area contributed by atoms with Crippen LogP contribution in [0.15, 0.2) is 24.3 Å². The summed E-state index contributed by atoms with van der Waals surface area (Å²) in [4.78, 5) is 12.1. The molecule has 3 nitrogen and oxygen atoms in total. The summed E-state index contributed by atoms with van der Waals surface area (Å²) in [5.41, 5.74) is 2.30. The molecule has 104 valence electrons. The molecule has 1 aliphatic heterocycles. The highest BCUT2D eigenvalue weighted by atomic mass is 16.5. The van der Waals surface area contributed by atoms with E-state index in [1.807, 2.05) is 12.1 Å². The molecule has 1 saturated heterocycles. The number of anilines is 1. The van der Waals surface area contributed by atoms with Crippen LogP contribution in [0, 0.1) is 5.92 Å². The van der Waals surface area contributed by atoms with E-state index in [1.165, 1.54) is 5.56 Å². The summed E-state index contributed by atoms with van der Waals surface area (Å²) < 4.78 is 5.27. The Hall–Kier alpha value is -1.35. The zero-order valence-corrected chi connectivity index (χ0v) is 12.0. The summed E-state index contributed by atoms with van der Waals surface area (Å²) in [7, 11) is 0. The summed E-state index contributed by atoms with van der Waals surface area (Å²) in [6.45, 7) is 7.94. The Labute approximate surface area is 115 Å². The molecule has 0 bridgehead atoms. The number of carbonyl (C=O) groups excluding carboxylic acids is 1. The number of hydrogen-bond acceptors (Lipinski definition) is 2. The first-order valence-corrected chi connectivity index (χ1v) is 6.96. The highest BCUT2D eigenvalue weighted by molar-refractivity contribution is 5.92. The quantitative estimate of drug-likeness (QED) is 0.886. The van der Waals surface area contributed by atoms with E-state index < -0.39 is 0 Å². The van der Waals surface area contributed by atoms with Gasteiger partial charge in [-0.2, -0.15) is 0 Å². The number of carbonyl (C=O) groups is 1. The van der Waals surface area contributed by atoms with Crippen molar-refractivity contribution in [3.05, 3.63) is 29.8 Å². The zero-order valence-electron chi connectivity index (χ0n) is 12.0. The second-order valence-electron chi connectivity index (χ2n) is 6.20. The predicted octanol–water partition coefficient (Wildman–Crippen LogP) is 3.35. The van der Waals surface area contributed by atoms with Gasteiger partial charge in [-0.1, -0.05) is 32.9 Å². The van der Waals surface area contributed by atoms with Crippen LogP contribution in [0.5, 0.6) is 0 Å². The first kappa shape index (κ1) is 14.1. The van der Waals surface area contributed by atoms with Crippen LogP contribution in [0.3, 0.4) is 0 Å². The van der Waals surface area contributed by atoms with E-state index in [9.17, 15) is 4.79 Å². The zero-order chi connectivity index (χ0) is 13.9. The molecule has 1 amide bonds. The molecule has 1 heterocycles. The first-order chi connectivity index (χ1) is 8.97. The van der Waals surface area contributed by atoms with Crippen LogP contribution in [0.1, 0.15) is 39.2 Å². The smallest absolute Gasteiger partial charge is 0.227 e. The maximum Gasteiger partial charge on any atom is 0.227 e. The molecule has 0 atom stereocenters. The van der Waals surface area contributed by atoms with E-state index in [0.29, 0.717) is 13.2 Å². The average Bonchev–Trinajstić information content (AvgIpc) is 2.39. The van der Waals surface area contributed by atoms with Crippen LogP contribution in [-0.4, -0.2) is 19.1 Å². The summed E-state index contributed by atoms with van der Waals surface area (Å²) in [5.74, 6) is 0.211. The Morgan fingerprint density at radius 2 is 1.74 bits per heavy atom. The van der Waals surface area contributed by atoms with Crippen molar-refractivity contribution in [3.63, 3.8) is 0 Å². The van der Waals surface area contributed by atoms with E-state index in [4.69, 9.17) is 4.74 Å². The van der Waals surface area contributed by atoms with Crippen LogP contribution >= 0.6 is 0 Å². The molecule has 0 spiro atoms. The molecule has 1 aromatic carbocycles. The van der Waals surface area contributed by atoms with Crippen LogP contribution in [-0.2, 0) is 14.9 Å². The normalized spacial score (nSPS) is 17.2. The Morgan fingerprint density at radius 3 is 2.26 bits per heavy atom. The minimum Gasteiger partial charge on any atom is -0.381 e. The number of hydrogen-bond donors (Lipinski definition) is 1. The van der Waals surface area contributed by atoms with Gasteiger partial charge in [-0.3, -0.25) is 4.79 Å². The summed E-state index contributed by atoms with van der Waals surface area (Å²) in [6, 6.07) is 8.13. The average molecular weight is 261 g/mol. The summed E-state index contributed by atoms with van der Waals surface area (Å²) >= 11 is 0. The van der Waals surface area contributed by atoms with E-state index >= 15 is 0 Å². The molecule has 3 heteroatoms. The van der Waals surface area contributed by atoms with E-state index in [2.05, 4.69) is 38.2 Å². The number of nitrogens with one attached hydrogen (secondary N) is 1. The Morgan fingerprint density at radius 1 is 1.16 bits per heavy atom. The molecular weight excluding hydrogens is 238 g/mol. The maximum absolute atomic E-state index is 12.1. The molecule has 0 radical (unpaired) electrons. The van der Waals surface area contributed by atoms with Gasteiger partial charge in [0.1, 0.15) is 0 Å². The molecule has 0 aromatic heterocycles. The van der Waals surface area contributed by atoms with Crippen molar-refractivity contribution >= 4 is 11.6 Å². The van der Waals surface area contributed by atoms with Crippen LogP contribution < -0.4 is 5.32 Å². The Balaban J connectivity index is 1.97. The summed E-state index contributed by atoms with van der Waals surface area (Å²) in [6.07, 6.45) is 1.65. The van der Waals surface area contributed by atoms with Crippen molar-refractivity contribution < 1.29 is 9.53 Å². The van der Waals surface area contributed by atoms with Crippen molar-refractivity contribution in [1.29, 1.82) is 0 Å². The van der Waals surface area contributed by atoms with Gasteiger partial charge in [0.05, 0.1) is 0 Å². The van der Waals surface area contributed by atoms with Gasteiger partial charge >= 0.3 is 0 Å². The van der Waals surface area contributed by atoms with Crippen molar-refractivity contribution in [2.45, 2.75) is 39.0 Å². The minimum atomic E-state index is 0.0936. The van der Waals surface area contributed by atoms with Crippen molar-refractivity contribution in [2.24, 2.45) is 5.92 Å². The van der Waals surface area contributed by atoms with E-state index in [-0.39, 0.29) is 17.2 Å². The van der Waals surface area contributed by atoms with Crippen LogP contribution in [0.4, 0.5) is 5.69 Å². The fraction of sp³-hybridized carbons (Fsp3) is 0.562. The van der Waals surface area contributed by atoms with Gasteiger partial charge in [-0.05, 0) is 36.0 Å². The number of amides is 1. The van der Waals surface area contributed by atoms with E-state index in [1.54, 1.807) is 0 Å². The number of benzene rings is 1. The number of ether oxygens (including phenoxy) is 1. The second-order valence-corrected chi connectivity index (χ2v) is 6.20. The Bertz CT molecular complexity index is 425. The van der Waals surface area contributed by atoms with Gasteiger partial charge < -0.3 is 10.1 Å². The van der Waals surface area contributed by atoms with Gasteiger partial charge in [0, 0.05) is 24.8 Å². The highest BCUT2D eigenvalue weighted by Crippen LogP contribution is 2.24. The molecule has 2 rings (SSSR count). The molecule has 1 N–H and O–H groups in total. The van der Waals surface area contributed by atoms with Crippen molar-refractivity contribution in [3.8, 4) is 0 Å². The minimum absolute atomic E-state index is 0.0936. The van der Waals surface area contributed by atoms with Gasteiger partial charge in [0.15, 0.2) is 0 Å². The Kier molecular flexibility index (Phi) is 4.25. The van der Waals surface area contributed by atoms with Crippen molar-refractivity contribution in [2.75, 3.05) is 18.5 Å². The standard InChI is InChI=1S/C16H23NO2/c1-16(2,3)13-4-6-14(7-5-13)17-15(18)12-8-10-19-11-9-12/h4-7,12H,8-11H2,1-3H3,(H,17,18). The van der Waals surface area contributed by atoms with Gasteiger partial charge in [-0.15, -0.1) is 0 Å². The molecule has 0 aliphatic carbocycles. The lowest BCUT2D eigenvalue weighted by atomic mass is 9.87. The molecule has 1 aliphatic rings. The highest BCUT2D eigenvalue weighted by Gasteiger charge is 2.21. The third-order valence-corrected chi connectivity index (χ3v) is 3.61. The monoisotopic (exact) mass is 261 g/mol. The molecule has 1 fully saturated rings. The molecule has 19 heavy (non-hydrogen) atoms. The molecule has 1 aromatic rings. The second kappa shape index (κ2) is 5.74. The lowest BCUT2D eigenvalue weighted by molar-refractivity contribution is -0.122.